The Labute approximate surface area is 140 Å². The number of allylic oxidation sites excluding steroid dienone is 2. The summed E-state index contributed by atoms with van der Waals surface area (Å²) < 4.78 is 4.78. The fourth-order valence-corrected chi connectivity index (χ4v) is 3.65. The maximum Gasteiger partial charge on any atom is 0.311 e. The van der Waals surface area contributed by atoms with Gasteiger partial charge in [0.1, 0.15) is 11.7 Å². The van der Waals surface area contributed by atoms with E-state index in [1.54, 1.807) is 5.57 Å². The van der Waals surface area contributed by atoms with Gasteiger partial charge in [-0.2, -0.15) is 0 Å². The highest BCUT2D eigenvalue weighted by Crippen LogP contribution is 2.41. The monoisotopic (exact) mass is 324 g/mol. The normalized spacial score (nSPS) is 32.0. The molecule has 0 radical (unpaired) electrons. The van der Waals surface area contributed by atoms with Gasteiger partial charge in [-0.05, 0) is 64.2 Å². The molecule has 0 bridgehead atoms. The molecule has 0 aromatic carbocycles. The third-order valence-electron chi connectivity index (χ3n) is 5.65. The summed E-state index contributed by atoms with van der Waals surface area (Å²) in [6.45, 7) is 8.62. The van der Waals surface area contributed by atoms with Crippen molar-refractivity contribution in [2.75, 3.05) is 7.11 Å². The number of hydrogen-bond acceptors (Lipinski definition) is 4. The zero-order chi connectivity index (χ0) is 17.1. The molecule has 1 heterocycles. The molecule has 0 N–H and O–H groups in total. The van der Waals surface area contributed by atoms with Crippen LogP contribution >= 0.6 is 0 Å². The summed E-state index contributed by atoms with van der Waals surface area (Å²) >= 11 is 0. The van der Waals surface area contributed by atoms with Gasteiger partial charge in [-0.1, -0.05) is 25.5 Å². The molecule has 1 aliphatic carbocycles. The predicted molar refractivity (Wildman–Crippen MR) is 89.7 cm³/mol. The molecule has 132 valence electrons. The standard InChI is InChI=1S/C19H32O4/c1-14(17(20)21-5)16-10-13-19(4,23-22-16)12-9-15-8-6-7-11-18(15,2)3/h8,14,16H,6-7,9-13H2,1-5H3/t14-,16+,19+/m1/s1. The lowest BCUT2D eigenvalue weighted by Crippen LogP contribution is -2.42. The van der Waals surface area contributed by atoms with E-state index in [1.807, 2.05) is 6.92 Å². The predicted octanol–water partition coefficient (Wildman–Crippen LogP) is 4.58. The number of methoxy groups -OCH3 is 1. The summed E-state index contributed by atoms with van der Waals surface area (Å²) in [5, 5.41) is 0. The highest BCUT2D eigenvalue weighted by Gasteiger charge is 2.38. The summed E-state index contributed by atoms with van der Waals surface area (Å²) in [5.74, 6) is -0.527. The van der Waals surface area contributed by atoms with E-state index < -0.39 is 0 Å². The summed E-state index contributed by atoms with van der Waals surface area (Å²) in [6.07, 6.45) is 9.73. The third-order valence-corrected chi connectivity index (χ3v) is 5.65. The van der Waals surface area contributed by atoms with Crippen LogP contribution in [-0.4, -0.2) is 24.8 Å². The number of carbonyl (C=O) groups excluding carboxylic acids is 1. The summed E-state index contributed by atoms with van der Waals surface area (Å²) in [6, 6.07) is 0. The molecular formula is C19H32O4. The van der Waals surface area contributed by atoms with Crippen LogP contribution in [0.5, 0.6) is 0 Å². The average Bonchev–Trinajstić information content (AvgIpc) is 2.53. The van der Waals surface area contributed by atoms with Gasteiger partial charge in [0, 0.05) is 0 Å². The molecule has 1 fully saturated rings. The molecule has 1 aliphatic heterocycles. The van der Waals surface area contributed by atoms with E-state index in [1.165, 1.54) is 26.4 Å². The van der Waals surface area contributed by atoms with Crippen molar-refractivity contribution >= 4 is 5.97 Å². The van der Waals surface area contributed by atoms with E-state index in [-0.39, 0.29) is 23.6 Å². The van der Waals surface area contributed by atoms with Crippen molar-refractivity contribution in [2.45, 2.75) is 84.3 Å². The molecule has 0 saturated carbocycles. The molecule has 0 aromatic rings. The van der Waals surface area contributed by atoms with Crippen LogP contribution in [0.25, 0.3) is 0 Å². The fraction of sp³-hybridized carbons (Fsp3) is 0.842. The van der Waals surface area contributed by atoms with Gasteiger partial charge in [-0.3, -0.25) is 4.79 Å². The van der Waals surface area contributed by atoms with Gasteiger partial charge in [0.25, 0.3) is 0 Å². The van der Waals surface area contributed by atoms with Crippen molar-refractivity contribution in [1.82, 2.24) is 0 Å². The molecule has 0 spiro atoms. The van der Waals surface area contributed by atoms with Crippen LogP contribution in [0.4, 0.5) is 0 Å². The Hall–Kier alpha value is -0.870. The molecule has 0 amide bonds. The molecule has 1 saturated heterocycles. The number of hydrogen-bond donors (Lipinski definition) is 0. The quantitative estimate of drug-likeness (QED) is 0.422. The van der Waals surface area contributed by atoms with Crippen molar-refractivity contribution in [3.63, 3.8) is 0 Å². The van der Waals surface area contributed by atoms with Crippen molar-refractivity contribution in [3.8, 4) is 0 Å². The minimum atomic E-state index is -0.287. The molecule has 23 heavy (non-hydrogen) atoms. The van der Waals surface area contributed by atoms with Crippen LogP contribution in [0.15, 0.2) is 11.6 Å². The fourth-order valence-electron chi connectivity index (χ4n) is 3.65. The molecular weight excluding hydrogens is 292 g/mol. The molecule has 0 aromatic heterocycles. The van der Waals surface area contributed by atoms with Gasteiger partial charge in [0.05, 0.1) is 13.0 Å². The molecule has 4 heteroatoms. The molecule has 3 atom stereocenters. The molecule has 0 unspecified atom stereocenters. The highest BCUT2D eigenvalue weighted by atomic mass is 17.2. The van der Waals surface area contributed by atoms with Crippen molar-refractivity contribution < 1.29 is 19.3 Å². The van der Waals surface area contributed by atoms with Crippen LogP contribution in [-0.2, 0) is 19.3 Å². The summed E-state index contributed by atoms with van der Waals surface area (Å²) in [7, 11) is 1.41. The van der Waals surface area contributed by atoms with Crippen LogP contribution in [0.2, 0.25) is 0 Å². The summed E-state index contributed by atoms with van der Waals surface area (Å²) in [4.78, 5) is 22.9. The lowest BCUT2D eigenvalue weighted by molar-refractivity contribution is -0.411. The zero-order valence-corrected chi connectivity index (χ0v) is 15.3. The molecule has 2 aliphatic rings. The van der Waals surface area contributed by atoms with Crippen LogP contribution in [0.3, 0.4) is 0 Å². The van der Waals surface area contributed by atoms with E-state index in [2.05, 4.69) is 26.8 Å². The first-order chi connectivity index (χ1) is 10.8. The second-order valence-electron chi connectivity index (χ2n) is 8.02. The minimum Gasteiger partial charge on any atom is -0.469 e. The second-order valence-corrected chi connectivity index (χ2v) is 8.02. The van der Waals surface area contributed by atoms with Gasteiger partial charge in [-0.15, -0.1) is 0 Å². The highest BCUT2D eigenvalue weighted by molar-refractivity contribution is 5.72. The molecule has 4 nitrogen and oxygen atoms in total. The van der Waals surface area contributed by atoms with Gasteiger partial charge in [0.2, 0.25) is 0 Å². The van der Waals surface area contributed by atoms with Crippen LogP contribution in [0, 0.1) is 11.3 Å². The first-order valence-electron chi connectivity index (χ1n) is 8.89. The lowest BCUT2D eigenvalue weighted by atomic mass is 9.73. The van der Waals surface area contributed by atoms with Gasteiger partial charge >= 0.3 is 5.97 Å². The molecule has 2 rings (SSSR count). The second kappa shape index (κ2) is 7.35. The van der Waals surface area contributed by atoms with Crippen molar-refractivity contribution in [1.29, 1.82) is 0 Å². The van der Waals surface area contributed by atoms with Gasteiger partial charge in [0.15, 0.2) is 0 Å². The van der Waals surface area contributed by atoms with E-state index in [4.69, 9.17) is 14.5 Å². The Kier molecular flexibility index (Phi) is 5.90. The summed E-state index contributed by atoms with van der Waals surface area (Å²) in [5.41, 5.74) is 1.60. The van der Waals surface area contributed by atoms with E-state index in [0.717, 1.165) is 25.7 Å². The number of carbonyl (C=O) groups is 1. The minimum absolute atomic E-state index is 0.208. The van der Waals surface area contributed by atoms with Gasteiger partial charge < -0.3 is 4.74 Å². The maximum absolute atomic E-state index is 11.6. The number of ether oxygens (including phenoxy) is 1. The number of esters is 1. The Morgan fingerprint density at radius 1 is 1.39 bits per heavy atom. The van der Waals surface area contributed by atoms with Crippen LogP contribution in [0.1, 0.15) is 72.6 Å². The van der Waals surface area contributed by atoms with Gasteiger partial charge in [-0.25, -0.2) is 9.78 Å². The Balaban J connectivity index is 1.86. The Morgan fingerprint density at radius 3 is 2.70 bits per heavy atom. The van der Waals surface area contributed by atoms with E-state index in [0.29, 0.717) is 5.41 Å². The lowest BCUT2D eigenvalue weighted by Gasteiger charge is -2.39. The van der Waals surface area contributed by atoms with E-state index in [9.17, 15) is 4.79 Å². The third kappa shape index (κ3) is 4.57. The smallest absolute Gasteiger partial charge is 0.311 e. The Morgan fingerprint density at radius 2 is 2.13 bits per heavy atom. The SMILES string of the molecule is COC(=O)[C@H](C)[C@@H]1CC[C@](C)(CCC2=CCCCC2(C)C)OO1. The average molecular weight is 324 g/mol. The van der Waals surface area contributed by atoms with Crippen LogP contribution < -0.4 is 0 Å². The Bertz CT molecular complexity index is 444. The van der Waals surface area contributed by atoms with Crippen molar-refractivity contribution in [3.05, 3.63) is 11.6 Å². The largest absolute Gasteiger partial charge is 0.469 e. The first kappa shape index (κ1) is 18.5. The zero-order valence-electron chi connectivity index (χ0n) is 15.3. The first-order valence-corrected chi connectivity index (χ1v) is 8.89. The topological polar surface area (TPSA) is 44.8 Å². The number of rotatable bonds is 5. The van der Waals surface area contributed by atoms with Crippen molar-refractivity contribution in [2.24, 2.45) is 11.3 Å². The maximum atomic E-state index is 11.6. The van der Waals surface area contributed by atoms with E-state index >= 15 is 0 Å².